The molecule has 0 bridgehead atoms. The highest BCUT2D eigenvalue weighted by Gasteiger charge is 2.22. The van der Waals surface area contributed by atoms with Crippen LogP contribution in [0.5, 0.6) is 0 Å². The minimum Gasteiger partial charge on any atom is -0.481 e. The maximum absolute atomic E-state index is 12.0. The average Bonchev–Trinajstić information content (AvgIpc) is 2.31. The van der Waals surface area contributed by atoms with Crippen molar-refractivity contribution in [2.45, 2.75) is 13.3 Å². The average molecular weight is 336 g/mol. The van der Waals surface area contributed by atoms with Gasteiger partial charge < -0.3 is 5.11 Å². The summed E-state index contributed by atoms with van der Waals surface area (Å²) in [5.41, 5.74) is 0.459. The van der Waals surface area contributed by atoms with Crippen LogP contribution in [-0.4, -0.2) is 31.8 Å². The molecule has 0 heterocycles. The second kappa shape index (κ2) is 6.19. The van der Waals surface area contributed by atoms with Crippen LogP contribution >= 0.6 is 15.9 Å². The maximum atomic E-state index is 12.0. The first-order chi connectivity index (χ1) is 8.38. The molecular formula is C11H14BrNO4S. The van der Waals surface area contributed by atoms with Crippen molar-refractivity contribution in [2.24, 2.45) is 0 Å². The normalized spacial score (nSPS) is 11.2. The molecule has 1 aromatic rings. The lowest BCUT2D eigenvalue weighted by Crippen LogP contribution is -2.34. The van der Waals surface area contributed by atoms with E-state index in [0.717, 1.165) is 4.31 Å². The second-order valence-corrected chi connectivity index (χ2v) is 6.60. The van der Waals surface area contributed by atoms with E-state index in [9.17, 15) is 13.2 Å². The van der Waals surface area contributed by atoms with Gasteiger partial charge in [-0.15, -0.1) is 0 Å². The van der Waals surface area contributed by atoms with Crippen LogP contribution in [0.3, 0.4) is 0 Å². The molecule has 0 aromatic heterocycles. The van der Waals surface area contributed by atoms with E-state index in [1.54, 1.807) is 24.3 Å². The molecule has 0 atom stereocenters. The molecule has 0 aliphatic rings. The van der Waals surface area contributed by atoms with E-state index >= 15 is 0 Å². The Morgan fingerprint density at radius 3 is 2.50 bits per heavy atom. The summed E-state index contributed by atoms with van der Waals surface area (Å²) in [5, 5.41) is 8.68. The molecule has 100 valence electrons. The zero-order chi connectivity index (χ0) is 13.8. The molecule has 0 aliphatic carbocycles. The molecule has 5 nitrogen and oxygen atoms in total. The molecule has 1 aromatic carbocycles. The van der Waals surface area contributed by atoms with Gasteiger partial charge in [0.05, 0.1) is 17.9 Å². The fourth-order valence-electron chi connectivity index (χ4n) is 1.42. The standard InChI is InChI=1S/C11H14BrNO4S/c1-2-18(16,17)13(8-7-11(14)15)10-6-4-3-5-9(10)12/h3-6H,2,7-8H2,1H3,(H,14,15). The number of hydrogen-bond donors (Lipinski definition) is 1. The van der Waals surface area contributed by atoms with Crippen molar-refractivity contribution in [3.05, 3.63) is 28.7 Å². The summed E-state index contributed by atoms with van der Waals surface area (Å²) in [6.07, 6.45) is -0.236. The van der Waals surface area contributed by atoms with Gasteiger partial charge >= 0.3 is 5.97 Å². The van der Waals surface area contributed by atoms with Crippen molar-refractivity contribution >= 4 is 37.6 Å². The van der Waals surface area contributed by atoms with E-state index in [0.29, 0.717) is 10.2 Å². The maximum Gasteiger partial charge on any atom is 0.305 e. The molecule has 0 radical (unpaired) electrons. The third kappa shape index (κ3) is 3.71. The largest absolute Gasteiger partial charge is 0.481 e. The van der Waals surface area contributed by atoms with Gasteiger partial charge in [0.25, 0.3) is 0 Å². The topological polar surface area (TPSA) is 74.7 Å². The summed E-state index contributed by atoms with van der Waals surface area (Å²) in [6, 6.07) is 6.83. The number of halogens is 1. The van der Waals surface area contributed by atoms with Crippen molar-refractivity contribution in [1.82, 2.24) is 0 Å². The SMILES string of the molecule is CCS(=O)(=O)N(CCC(=O)O)c1ccccc1Br. The lowest BCUT2D eigenvalue weighted by molar-refractivity contribution is -0.136. The molecule has 18 heavy (non-hydrogen) atoms. The van der Waals surface area contributed by atoms with Gasteiger partial charge in [-0.2, -0.15) is 0 Å². The zero-order valence-electron chi connectivity index (χ0n) is 9.84. The molecule has 0 saturated heterocycles. The summed E-state index contributed by atoms with van der Waals surface area (Å²) in [5.74, 6) is -1.10. The first kappa shape index (κ1) is 15.0. The minimum atomic E-state index is -3.49. The van der Waals surface area contributed by atoms with Gasteiger partial charge in [-0.1, -0.05) is 12.1 Å². The Labute approximate surface area is 115 Å². The van der Waals surface area contributed by atoms with Crippen LogP contribution in [0.15, 0.2) is 28.7 Å². The van der Waals surface area contributed by atoms with Crippen LogP contribution in [0.25, 0.3) is 0 Å². The number of para-hydroxylation sites is 1. The second-order valence-electron chi connectivity index (χ2n) is 3.57. The van der Waals surface area contributed by atoms with Gasteiger partial charge in [-0.05, 0) is 35.0 Å². The van der Waals surface area contributed by atoms with Gasteiger partial charge in [0.1, 0.15) is 0 Å². The first-order valence-electron chi connectivity index (χ1n) is 5.35. The summed E-state index contributed by atoms with van der Waals surface area (Å²) in [7, 11) is -3.49. The Morgan fingerprint density at radius 2 is 2.00 bits per heavy atom. The summed E-state index contributed by atoms with van der Waals surface area (Å²) >= 11 is 3.27. The van der Waals surface area contributed by atoms with Crippen molar-refractivity contribution in [1.29, 1.82) is 0 Å². The van der Waals surface area contributed by atoms with E-state index in [4.69, 9.17) is 5.11 Å². The fraction of sp³-hybridized carbons (Fsp3) is 0.364. The number of sulfonamides is 1. The Morgan fingerprint density at radius 1 is 1.39 bits per heavy atom. The van der Waals surface area contributed by atoms with Crippen molar-refractivity contribution in [2.75, 3.05) is 16.6 Å². The van der Waals surface area contributed by atoms with Crippen molar-refractivity contribution in [3.8, 4) is 0 Å². The molecule has 1 N–H and O–H groups in total. The molecule has 1 rings (SSSR count). The van der Waals surface area contributed by atoms with Crippen LogP contribution in [-0.2, 0) is 14.8 Å². The number of aliphatic carboxylic acids is 1. The number of rotatable bonds is 6. The molecule has 7 heteroatoms. The predicted molar refractivity (Wildman–Crippen MR) is 73.2 cm³/mol. The Bertz CT molecular complexity index is 530. The predicted octanol–water partition coefficient (Wildman–Crippen LogP) is 2.08. The molecule has 0 amide bonds. The highest BCUT2D eigenvalue weighted by atomic mass is 79.9. The number of hydrogen-bond acceptors (Lipinski definition) is 3. The van der Waals surface area contributed by atoms with Crippen LogP contribution in [0, 0.1) is 0 Å². The molecular weight excluding hydrogens is 322 g/mol. The number of anilines is 1. The molecule has 0 spiro atoms. The summed E-state index contributed by atoms with van der Waals surface area (Å²) in [4.78, 5) is 10.6. The zero-order valence-corrected chi connectivity index (χ0v) is 12.2. The van der Waals surface area contributed by atoms with Gasteiger partial charge in [-0.25, -0.2) is 8.42 Å². The van der Waals surface area contributed by atoms with Crippen LogP contribution in [0.2, 0.25) is 0 Å². The van der Waals surface area contributed by atoms with E-state index in [-0.39, 0.29) is 18.7 Å². The van der Waals surface area contributed by atoms with E-state index in [1.807, 2.05) is 0 Å². The lowest BCUT2D eigenvalue weighted by atomic mass is 10.3. The smallest absolute Gasteiger partial charge is 0.305 e. The third-order valence-electron chi connectivity index (χ3n) is 2.35. The van der Waals surface area contributed by atoms with Gasteiger partial charge in [0, 0.05) is 11.0 Å². The Kier molecular flexibility index (Phi) is 5.15. The van der Waals surface area contributed by atoms with Crippen LogP contribution in [0.1, 0.15) is 13.3 Å². The highest BCUT2D eigenvalue weighted by Crippen LogP contribution is 2.28. The third-order valence-corrected chi connectivity index (χ3v) is 4.80. The summed E-state index contributed by atoms with van der Waals surface area (Å²) in [6.45, 7) is 1.45. The van der Waals surface area contributed by atoms with E-state index in [1.165, 1.54) is 6.92 Å². The molecule has 0 unspecified atom stereocenters. The number of carboxylic acids is 1. The summed E-state index contributed by atoms with van der Waals surface area (Å²) < 4.78 is 25.7. The van der Waals surface area contributed by atoms with Gasteiger partial charge in [0.2, 0.25) is 10.0 Å². The van der Waals surface area contributed by atoms with Crippen LogP contribution < -0.4 is 4.31 Å². The van der Waals surface area contributed by atoms with Crippen molar-refractivity contribution < 1.29 is 18.3 Å². The van der Waals surface area contributed by atoms with Crippen LogP contribution in [0.4, 0.5) is 5.69 Å². The van der Waals surface area contributed by atoms with Crippen molar-refractivity contribution in [3.63, 3.8) is 0 Å². The fourth-order valence-corrected chi connectivity index (χ4v) is 3.17. The monoisotopic (exact) mass is 335 g/mol. The molecule has 0 aliphatic heterocycles. The number of nitrogens with zero attached hydrogens (tertiary/aromatic N) is 1. The van der Waals surface area contributed by atoms with Gasteiger partial charge in [0.15, 0.2) is 0 Å². The quantitative estimate of drug-likeness (QED) is 0.863. The lowest BCUT2D eigenvalue weighted by Gasteiger charge is -2.24. The minimum absolute atomic E-state index is 0.0753. The van der Waals surface area contributed by atoms with E-state index in [2.05, 4.69) is 15.9 Å². The Balaban J connectivity index is 3.13. The first-order valence-corrected chi connectivity index (χ1v) is 7.75. The molecule has 0 saturated carbocycles. The highest BCUT2D eigenvalue weighted by molar-refractivity contribution is 9.10. The number of carboxylic acid groups (broad SMARTS) is 1. The number of benzene rings is 1. The van der Waals surface area contributed by atoms with E-state index < -0.39 is 16.0 Å². The number of carbonyl (C=O) groups is 1. The Hall–Kier alpha value is -1.08. The van der Waals surface area contributed by atoms with Gasteiger partial charge in [-0.3, -0.25) is 9.10 Å². The molecule has 0 fully saturated rings.